The second kappa shape index (κ2) is 12.5. The lowest BCUT2D eigenvalue weighted by molar-refractivity contribution is -0.178. The lowest BCUT2D eigenvalue weighted by Crippen LogP contribution is -2.54. The lowest BCUT2D eigenvalue weighted by Gasteiger charge is -2.34. The smallest absolute Gasteiger partial charge is 0.303 e. The Morgan fingerprint density at radius 3 is 2.45 bits per heavy atom. The van der Waals surface area contributed by atoms with Crippen LogP contribution >= 0.6 is 0 Å². The molecule has 210 valence electrons. The first-order valence-electron chi connectivity index (χ1n) is 12.9. The summed E-state index contributed by atoms with van der Waals surface area (Å²) in [4.78, 5) is 58.1. The molecule has 1 saturated heterocycles. The SMILES string of the molecule is CC(=O)OC(C(=O)N1Cc2cccnc2C1)[C@@H](OC(C)=O)C(=O)NCC1CCN(c2ccc(F)cc2C#N)CC1. The van der Waals surface area contributed by atoms with Crippen LogP contribution in [0.15, 0.2) is 36.5 Å². The van der Waals surface area contributed by atoms with E-state index >= 15 is 0 Å². The van der Waals surface area contributed by atoms with E-state index in [1.54, 1.807) is 18.3 Å². The van der Waals surface area contributed by atoms with Crippen LogP contribution in [-0.4, -0.2) is 65.5 Å². The molecule has 1 aromatic carbocycles. The monoisotopic (exact) mass is 551 g/mol. The number of hydrogen-bond donors (Lipinski definition) is 1. The maximum absolute atomic E-state index is 13.5. The van der Waals surface area contributed by atoms with Gasteiger partial charge < -0.3 is 24.6 Å². The molecule has 1 N–H and O–H groups in total. The number of aromatic nitrogens is 1. The molecule has 11 nitrogen and oxygen atoms in total. The van der Waals surface area contributed by atoms with Crippen molar-refractivity contribution in [1.82, 2.24) is 15.2 Å². The minimum absolute atomic E-state index is 0.0613. The van der Waals surface area contributed by atoms with Gasteiger partial charge >= 0.3 is 11.9 Å². The number of carbonyl (C=O) groups excluding carboxylic acids is 4. The van der Waals surface area contributed by atoms with Crippen molar-refractivity contribution in [2.45, 2.75) is 52.0 Å². The number of anilines is 1. The van der Waals surface area contributed by atoms with Crippen LogP contribution in [0.4, 0.5) is 10.1 Å². The topological polar surface area (TPSA) is 142 Å². The molecule has 12 heteroatoms. The summed E-state index contributed by atoms with van der Waals surface area (Å²) in [5.74, 6) is -3.45. The number of nitrogens with one attached hydrogen (secondary N) is 1. The van der Waals surface area contributed by atoms with Crippen LogP contribution in [0.3, 0.4) is 0 Å². The molecule has 1 fully saturated rings. The molecule has 2 aliphatic heterocycles. The maximum atomic E-state index is 13.5. The number of amides is 2. The number of hydrogen-bond acceptors (Lipinski definition) is 9. The van der Waals surface area contributed by atoms with Gasteiger partial charge in [-0.25, -0.2) is 4.39 Å². The molecule has 40 heavy (non-hydrogen) atoms. The number of fused-ring (bicyclic) bond motifs is 1. The maximum Gasteiger partial charge on any atom is 0.303 e. The summed E-state index contributed by atoms with van der Waals surface area (Å²) >= 11 is 0. The van der Waals surface area contributed by atoms with Gasteiger partial charge in [0.15, 0.2) is 0 Å². The summed E-state index contributed by atoms with van der Waals surface area (Å²) in [7, 11) is 0. The van der Waals surface area contributed by atoms with Crippen molar-refractivity contribution < 1.29 is 33.0 Å². The molecule has 0 bridgehead atoms. The number of benzene rings is 1. The Balaban J connectivity index is 1.40. The third-order valence-electron chi connectivity index (χ3n) is 6.96. The van der Waals surface area contributed by atoms with Gasteiger partial charge in [0.25, 0.3) is 11.8 Å². The summed E-state index contributed by atoms with van der Waals surface area (Å²) in [6, 6.07) is 9.70. The number of carbonyl (C=O) groups is 4. The van der Waals surface area contributed by atoms with Gasteiger partial charge in [-0.3, -0.25) is 24.2 Å². The van der Waals surface area contributed by atoms with E-state index in [0.29, 0.717) is 37.3 Å². The van der Waals surface area contributed by atoms with Crippen LogP contribution < -0.4 is 10.2 Å². The third kappa shape index (κ3) is 6.72. The Morgan fingerprint density at radius 1 is 1.10 bits per heavy atom. The fraction of sp³-hybridized carbons (Fsp3) is 0.429. The Bertz CT molecular complexity index is 1310. The van der Waals surface area contributed by atoms with Gasteiger partial charge in [0.2, 0.25) is 12.2 Å². The molecular weight excluding hydrogens is 521 g/mol. The Morgan fingerprint density at radius 2 is 1.80 bits per heavy atom. The van der Waals surface area contributed by atoms with Crippen LogP contribution in [0.5, 0.6) is 0 Å². The Hall–Kier alpha value is -4.53. The third-order valence-corrected chi connectivity index (χ3v) is 6.96. The molecule has 0 aliphatic carbocycles. The number of nitrogens with zero attached hydrogens (tertiary/aromatic N) is 4. The second-order valence-corrected chi connectivity index (χ2v) is 9.81. The molecule has 1 unspecified atom stereocenters. The predicted molar refractivity (Wildman–Crippen MR) is 139 cm³/mol. The van der Waals surface area contributed by atoms with Gasteiger partial charge in [-0.2, -0.15) is 5.26 Å². The average molecular weight is 552 g/mol. The van der Waals surface area contributed by atoms with E-state index in [9.17, 15) is 28.8 Å². The Labute approximate surface area is 230 Å². The van der Waals surface area contributed by atoms with Gasteiger partial charge in [0, 0.05) is 46.2 Å². The molecule has 3 heterocycles. The predicted octanol–water partition coefficient (Wildman–Crippen LogP) is 1.83. The number of esters is 2. The highest BCUT2D eigenvalue weighted by Gasteiger charge is 2.43. The quantitative estimate of drug-likeness (QED) is 0.486. The van der Waals surface area contributed by atoms with Crippen molar-refractivity contribution in [3.8, 4) is 6.07 Å². The van der Waals surface area contributed by atoms with Crippen molar-refractivity contribution in [2.75, 3.05) is 24.5 Å². The highest BCUT2D eigenvalue weighted by Crippen LogP contribution is 2.27. The standard InChI is InChI=1S/C28H30FN5O6/c1-17(35)39-25(26(40-18(2)36)28(38)34-15-20-4-3-9-31-23(20)16-34)27(37)32-14-19-7-10-33(11-8-19)24-6-5-22(29)12-21(24)13-30/h3-6,9,12,19,25-26H,7-8,10-11,14-16H2,1-2H3,(H,32,37)/t25-,26?/m1/s1. The summed E-state index contributed by atoms with van der Waals surface area (Å²) < 4.78 is 24.0. The largest absolute Gasteiger partial charge is 0.448 e. The number of ether oxygens (including phenoxy) is 2. The Kier molecular flexibility index (Phi) is 8.93. The van der Waals surface area contributed by atoms with Gasteiger partial charge in [-0.05, 0) is 48.6 Å². The first-order valence-corrected chi connectivity index (χ1v) is 12.9. The molecule has 2 amide bonds. The molecular formula is C28H30FN5O6. The van der Waals surface area contributed by atoms with E-state index in [-0.39, 0.29) is 31.1 Å². The van der Waals surface area contributed by atoms with E-state index < -0.39 is 41.8 Å². The highest BCUT2D eigenvalue weighted by atomic mass is 19.1. The zero-order valence-corrected chi connectivity index (χ0v) is 22.3. The number of piperidine rings is 1. The molecule has 2 aliphatic rings. The molecule has 1 aromatic heterocycles. The van der Waals surface area contributed by atoms with Crippen molar-refractivity contribution in [1.29, 1.82) is 5.26 Å². The van der Waals surface area contributed by atoms with Gasteiger partial charge in [-0.1, -0.05) is 6.07 Å². The number of rotatable bonds is 8. The van der Waals surface area contributed by atoms with E-state index in [0.717, 1.165) is 19.4 Å². The minimum atomic E-state index is -1.68. The molecule has 2 aromatic rings. The van der Waals surface area contributed by atoms with Gasteiger partial charge in [0.05, 0.1) is 23.5 Å². The number of pyridine rings is 1. The van der Waals surface area contributed by atoms with Crippen LogP contribution in [0.25, 0.3) is 0 Å². The van der Waals surface area contributed by atoms with Crippen molar-refractivity contribution >= 4 is 29.4 Å². The molecule has 0 saturated carbocycles. The van der Waals surface area contributed by atoms with Gasteiger partial charge in [0.1, 0.15) is 11.9 Å². The molecule has 4 rings (SSSR count). The van der Waals surface area contributed by atoms with E-state index in [4.69, 9.17) is 9.47 Å². The average Bonchev–Trinajstić information content (AvgIpc) is 3.37. The molecule has 0 radical (unpaired) electrons. The van der Waals surface area contributed by atoms with Crippen LogP contribution in [0, 0.1) is 23.1 Å². The highest BCUT2D eigenvalue weighted by molar-refractivity contribution is 5.93. The van der Waals surface area contributed by atoms with Crippen LogP contribution in [-0.2, 0) is 41.7 Å². The van der Waals surface area contributed by atoms with Crippen LogP contribution in [0.1, 0.15) is 43.5 Å². The molecule has 2 atom stereocenters. The van der Waals surface area contributed by atoms with E-state index in [1.165, 1.54) is 17.0 Å². The van der Waals surface area contributed by atoms with Crippen molar-refractivity contribution in [3.63, 3.8) is 0 Å². The zero-order valence-electron chi connectivity index (χ0n) is 22.3. The fourth-order valence-electron chi connectivity index (χ4n) is 4.98. The van der Waals surface area contributed by atoms with E-state index in [2.05, 4.69) is 10.3 Å². The number of halogens is 1. The van der Waals surface area contributed by atoms with Crippen LogP contribution in [0.2, 0.25) is 0 Å². The first kappa shape index (κ1) is 28.5. The zero-order chi connectivity index (χ0) is 28.8. The summed E-state index contributed by atoms with van der Waals surface area (Å²) in [5, 5.41) is 12.1. The van der Waals surface area contributed by atoms with Gasteiger partial charge in [-0.15, -0.1) is 0 Å². The first-order chi connectivity index (χ1) is 19.2. The van der Waals surface area contributed by atoms with Crippen molar-refractivity contribution in [2.24, 2.45) is 5.92 Å². The fourth-order valence-corrected chi connectivity index (χ4v) is 4.98. The lowest BCUT2D eigenvalue weighted by atomic mass is 9.95. The number of nitriles is 1. The summed E-state index contributed by atoms with van der Waals surface area (Å²) in [5.41, 5.74) is 2.44. The molecule has 0 spiro atoms. The summed E-state index contributed by atoms with van der Waals surface area (Å²) in [6.45, 7) is 4.01. The summed E-state index contributed by atoms with van der Waals surface area (Å²) in [6.07, 6.45) is -0.389. The van der Waals surface area contributed by atoms with Crippen molar-refractivity contribution in [3.05, 3.63) is 59.2 Å². The second-order valence-electron chi connectivity index (χ2n) is 9.81. The normalized spacial score (nSPS) is 16.4. The van der Waals surface area contributed by atoms with E-state index in [1.807, 2.05) is 17.0 Å². The minimum Gasteiger partial charge on any atom is -0.448 e.